The Labute approximate surface area is 110 Å². The predicted molar refractivity (Wildman–Crippen MR) is 70.4 cm³/mol. The van der Waals surface area contributed by atoms with Gasteiger partial charge in [-0.15, -0.1) is 0 Å². The first kappa shape index (κ1) is 12.3. The van der Waals surface area contributed by atoms with E-state index >= 15 is 0 Å². The van der Waals surface area contributed by atoms with E-state index in [9.17, 15) is 0 Å². The molecule has 0 aliphatic carbocycles. The molecule has 0 saturated heterocycles. The molecule has 90 valence electrons. The van der Waals surface area contributed by atoms with Gasteiger partial charge in [-0.25, -0.2) is 0 Å². The van der Waals surface area contributed by atoms with Gasteiger partial charge in [-0.05, 0) is 46.7 Å². The van der Waals surface area contributed by atoms with E-state index in [-0.39, 0.29) is 0 Å². The number of rotatable bonds is 5. The van der Waals surface area contributed by atoms with Crippen LogP contribution in [0.5, 0.6) is 0 Å². The number of aromatic nitrogens is 1. The van der Waals surface area contributed by atoms with Gasteiger partial charge in [-0.3, -0.25) is 9.88 Å². The van der Waals surface area contributed by atoms with E-state index in [1.165, 1.54) is 0 Å². The SMILES string of the molecule is CCN(Cc1ccc(Br)cn1)Cc1ccco1. The number of furan rings is 1. The molecule has 4 heteroatoms. The number of pyridine rings is 1. The van der Waals surface area contributed by atoms with Crippen LogP contribution in [-0.2, 0) is 13.1 Å². The molecule has 0 radical (unpaired) electrons. The summed E-state index contributed by atoms with van der Waals surface area (Å²) >= 11 is 3.39. The summed E-state index contributed by atoms with van der Waals surface area (Å²) in [5.41, 5.74) is 1.07. The first-order valence-electron chi connectivity index (χ1n) is 5.63. The fourth-order valence-corrected chi connectivity index (χ4v) is 1.87. The van der Waals surface area contributed by atoms with Crippen molar-refractivity contribution >= 4 is 15.9 Å². The van der Waals surface area contributed by atoms with Gasteiger partial charge in [0.2, 0.25) is 0 Å². The van der Waals surface area contributed by atoms with Crippen molar-refractivity contribution in [2.24, 2.45) is 0 Å². The highest BCUT2D eigenvalue weighted by molar-refractivity contribution is 9.10. The lowest BCUT2D eigenvalue weighted by Gasteiger charge is -2.18. The van der Waals surface area contributed by atoms with Crippen LogP contribution >= 0.6 is 15.9 Å². The van der Waals surface area contributed by atoms with Crippen LogP contribution in [0.3, 0.4) is 0 Å². The summed E-state index contributed by atoms with van der Waals surface area (Å²) in [5.74, 6) is 0.990. The third-order valence-electron chi connectivity index (χ3n) is 2.58. The second-order valence-electron chi connectivity index (χ2n) is 3.85. The second kappa shape index (κ2) is 5.98. The minimum absolute atomic E-state index is 0.821. The Balaban J connectivity index is 1.97. The molecule has 3 nitrogen and oxygen atoms in total. The Morgan fingerprint density at radius 1 is 1.29 bits per heavy atom. The van der Waals surface area contributed by atoms with E-state index in [0.717, 1.165) is 35.6 Å². The maximum Gasteiger partial charge on any atom is 0.117 e. The van der Waals surface area contributed by atoms with Crippen LogP contribution in [0.1, 0.15) is 18.4 Å². The van der Waals surface area contributed by atoms with E-state index in [0.29, 0.717) is 0 Å². The molecule has 2 aromatic heterocycles. The standard InChI is InChI=1S/C13H15BrN2O/c1-2-16(10-13-4-3-7-17-13)9-12-6-5-11(14)8-15-12/h3-8H,2,9-10H2,1H3. The molecule has 0 N–H and O–H groups in total. The van der Waals surface area contributed by atoms with Crippen molar-refractivity contribution in [2.45, 2.75) is 20.0 Å². The smallest absolute Gasteiger partial charge is 0.117 e. The zero-order valence-corrected chi connectivity index (χ0v) is 11.4. The van der Waals surface area contributed by atoms with Crippen molar-refractivity contribution in [3.8, 4) is 0 Å². The lowest BCUT2D eigenvalue weighted by atomic mass is 10.3. The molecule has 2 rings (SSSR count). The third-order valence-corrected chi connectivity index (χ3v) is 3.05. The van der Waals surface area contributed by atoms with Crippen LogP contribution in [0, 0.1) is 0 Å². The number of nitrogens with zero attached hydrogens (tertiary/aromatic N) is 2. The Hall–Kier alpha value is -1.13. The average Bonchev–Trinajstić information content (AvgIpc) is 2.84. The maximum absolute atomic E-state index is 5.35. The van der Waals surface area contributed by atoms with Gasteiger partial charge >= 0.3 is 0 Å². The van der Waals surface area contributed by atoms with Crippen molar-refractivity contribution in [3.63, 3.8) is 0 Å². The number of halogens is 1. The number of hydrogen-bond donors (Lipinski definition) is 0. The van der Waals surface area contributed by atoms with E-state index in [4.69, 9.17) is 4.42 Å². The minimum Gasteiger partial charge on any atom is -0.468 e. The lowest BCUT2D eigenvalue weighted by Crippen LogP contribution is -2.22. The van der Waals surface area contributed by atoms with Crippen LogP contribution in [0.15, 0.2) is 45.6 Å². The lowest BCUT2D eigenvalue weighted by molar-refractivity contribution is 0.245. The molecule has 17 heavy (non-hydrogen) atoms. The molecule has 0 saturated carbocycles. The molecule has 0 spiro atoms. The molecule has 0 bridgehead atoms. The second-order valence-corrected chi connectivity index (χ2v) is 4.77. The quantitative estimate of drug-likeness (QED) is 0.846. The van der Waals surface area contributed by atoms with Gasteiger partial charge in [-0.2, -0.15) is 0 Å². The first-order chi connectivity index (χ1) is 8.28. The summed E-state index contributed by atoms with van der Waals surface area (Å²) in [6.45, 7) is 4.77. The number of hydrogen-bond acceptors (Lipinski definition) is 3. The van der Waals surface area contributed by atoms with Gasteiger partial charge in [0.15, 0.2) is 0 Å². The van der Waals surface area contributed by atoms with Crippen molar-refractivity contribution < 1.29 is 4.42 Å². The summed E-state index contributed by atoms with van der Waals surface area (Å²) in [7, 11) is 0. The summed E-state index contributed by atoms with van der Waals surface area (Å²) in [6.07, 6.45) is 3.54. The Bertz CT molecular complexity index is 439. The van der Waals surface area contributed by atoms with Crippen LogP contribution in [0.2, 0.25) is 0 Å². The van der Waals surface area contributed by atoms with Gasteiger partial charge in [-0.1, -0.05) is 6.92 Å². The zero-order chi connectivity index (χ0) is 12.1. The molecule has 0 aromatic carbocycles. The fourth-order valence-electron chi connectivity index (χ4n) is 1.63. The largest absolute Gasteiger partial charge is 0.468 e. The summed E-state index contributed by atoms with van der Waals surface area (Å²) in [4.78, 5) is 6.66. The molecule has 0 atom stereocenters. The van der Waals surface area contributed by atoms with Gasteiger partial charge in [0.05, 0.1) is 18.5 Å². The van der Waals surface area contributed by atoms with Gasteiger partial charge in [0.1, 0.15) is 5.76 Å². The monoisotopic (exact) mass is 294 g/mol. The van der Waals surface area contributed by atoms with E-state index < -0.39 is 0 Å². The molecule has 0 unspecified atom stereocenters. The maximum atomic E-state index is 5.35. The van der Waals surface area contributed by atoms with Crippen LogP contribution in [0.25, 0.3) is 0 Å². The van der Waals surface area contributed by atoms with Crippen LogP contribution in [0.4, 0.5) is 0 Å². The molecule has 2 heterocycles. The topological polar surface area (TPSA) is 29.3 Å². The summed E-state index contributed by atoms with van der Waals surface area (Å²) < 4.78 is 6.36. The molecule has 0 fully saturated rings. The van der Waals surface area contributed by atoms with Gasteiger partial charge in [0, 0.05) is 17.2 Å². The zero-order valence-electron chi connectivity index (χ0n) is 9.77. The molecule has 0 aliphatic rings. The van der Waals surface area contributed by atoms with Crippen LogP contribution < -0.4 is 0 Å². The van der Waals surface area contributed by atoms with Gasteiger partial charge < -0.3 is 4.42 Å². The van der Waals surface area contributed by atoms with Crippen molar-refractivity contribution in [1.29, 1.82) is 0 Å². The minimum atomic E-state index is 0.821. The molecule has 2 aromatic rings. The Morgan fingerprint density at radius 3 is 2.76 bits per heavy atom. The van der Waals surface area contributed by atoms with Gasteiger partial charge in [0.25, 0.3) is 0 Å². The predicted octanol–water partition coefficient (Wildman–Crippen LogP) is 3.46. The first-order valence-corrected chi connectivity index (χ1v) is 6.42. The molecule has 0 aliphatic heterocycles. The van der Waals surface area contributed by atoms with Crippen molar-refractivity contribution in [1.82, 2.24) is 9.88 Å². The third kappa shape index (κ3) is 3.68. The summed E-state index contributed by atoms with van der Waals surface area (Å²) in [6, 6.07) is 7.97. The Morgan fingerprint density at radius 2 is 2.18 bits per heavy atom. The normalized spacial score (nSPS) is 11.0. The highest BCUT2D eigenvalue weighted by atomic mass is 79.9. The molecule has 0 amide bonds. The fraction of sp³-hybridized carbons (Fsp3) is 0.308. The average molecular weight is 295 g/mol. The van der Waals surface area contributed by atoms with E-state index in [1.807, 2.05) is 30.5 Å². The van der Waals surface area contributed by atoms with Crippen molar-refractivity contribution in [3.05, 3.63) is 52.7 Å². The van der Waals surface area contributed by atoms with Crippen LogP contribution in [-0.4, -0.2) is 16.4 Å². The van der Waals surface area contributed by atoms with Crippen molar-refractivity contribution in [2.75, 3.05) is 6.54 Å². The molecular formula is C13H15BrN2O. The highest BCUT2D eigenvalue weighted by Gasteiger charge is 2.07. The van der Waals surface area contributed by atoms with E-state index in [2.05, 4.69) is 32.7 Å². The van der Waals surface area contributed by atoms with E-state index in [1.54, 1.807) is 6.26 Å². The Kier molecular flexibility index (Phi) is 4.34. The summed E-state index contributed by atoms with van der Waals surface area (Å²) in [5, 5.41) is 0. The molecular weight excluding hydrogens is 280 g/mol. The highest BCUT2D eigenvalue weighted by Crippen LogP contribution is 2.11.